The summed E-state index contributed by atoms with van der Waals surface area (Å²) in [6.45, 7) is 2.95. The molecule has 0 N–H and O–H groups in total. The maximum absolute atomic E-state index is 4.25. The molecule has 2 heterocycles. The molecule has 0 radical (unpaired) electrons. The zero-order chi connectivity index (χ0) is 9.10. The van der Waals surface area contributed by atoms with E-state index >= 15 is 0 Å². The average molecular weight is 193 g/mol. The van der Waals surface area contributed by atoms with Crippen molar-refractivity contribution in [2.45, 2.75) is 19.9 Å². The second-order valence-electron chi connectivity index (χ2n) is 2.80. The smallest absolute Gasteiger partial charge is 0.108 e. The van der Waals surface area contributed by atoms with Crippen molar-refractivity contribution in [2.75, 3.05) is 0 Å². The Hall–Kier alpha value is -1.16. The van der Waals surface area contributed by atoms with E-state index < -0.39 is 0 Å². The number of hydrogen-bond acceptors (Lipinski definition) is 3. The van der Waals surface area contributed by atoms with Crippen LogP contribution in [-0.2, 0) is 13.0 Å². The summed E-state index contributed by atoms with van der Waals surface area (Å²) >= 11 is 1.63. The first-order valence-electron chi connectivity index (χ1n) is 4.27. The Bertz CT molecular complexity index is 364. The molecule has 0 fully saturated rings. The van der Waals surface area contributed by atoms with Crippen LogP contribution in [0.15, 0.2) is 23.3 Å². The normalized spacial score (nSPS) is 10.5. The zero-order valence-corrected chi connectivity index (χ0v) is 8.29. The maximum Gasteiger partial charge on any atom is 0.108 e. The van der Waals surface area contributed by atoms with Crippen LogP contribution in [0, 0.1) is 0 Å². The molecule has 0 aliphatic heterocycles. The summed E-state index contributed by atoms with van der Waals surface area (Å²) in [6, 6.07) is 0. The summed E-state index contributed by atoms with van der Waals surface area (Å²) in [5, 5.41) is 2.07. The molecule has 0 unspecified atom stereocenters. The van der Waals surface area contributed by atoms with Gasteiger partial charge >= 0.3 is 0 Å². The Kier molecular flexibility index (Phi) is 2.40. The van der Waals surface area contributed by atoms with Gasteiger partial charge in [-0.25, -0.2) is 9.97 Å². The van der Waals surface area contributed by atoms with Gasteiger partial charge in [-0.2, -0.15) is 0 Å². The second-order valence-corrected chi connectivity index (χ2v) is 3.52. The van der Waals surface area contributed by atoms with Crippen LogP contribution in [0.1, 0.15) is 18.4 Å². The molecule has 2 aromatic heterocycles. The van der Waals surface area contributed by atoms with E-state index in [9.17, 15) is 0 Å². The van der Waals surface area contributed by atoms with Gasteiger partial charge in [0.15, 0.2) is 0 Å². The van der Waals surface area contributed by atoms with Gasteiger partial charge in [0.05, 0.1) is 17.7 Å². The van der Waals surface area contributed by atoms with E-state index in [1.165, 1.54) is 0 Å². The highest BCUT2D eigenvalue weighted by Gasteiger charge is 2.01. The number of aryl methyl sites for hydroxylation is 1. The first-order chi connectivity index (χ1) is 6.40. The topological polar surface area (TPSA) is 30.7 Å². The lowest BCUT2D eigenvalue weighted by Gasteiger charge is -2.02. The average Bonchev–Trinajstić information content (AvgIpc) is 2.76. The predicted molar refractivity (Wildman–Crippen MR) is 52.8 cm³/mol. The van der Waals surface area contributed by atoms with Gasteiger partial charge in [-0.1, -0.05) is 6.92 Å². The van der Waals surface area contributed by atoms with Gasteiger partial charge < -0.3 is 4.57 Å². The van der Waals surface area contributed by atoms with Crippen molar-refractivity contribution in [3.8, 4) is 0 Å². The fourth-order valence-corrected chi connectivity index (χ4v) is 1.84. The number of rotatable bonds is 3. The molecule has 0 aromatic carbocycles. The summed E-state index contributed by atoms with van der Waals surface area (Å²) < 4.78 is 2.13. The highest BCUT2D eigenvalue weighted by atomic mass is 32.1. The SMILES string of the molecule is CCc1nccn1Cc1cscn1. The van der Waals surface area contributed by atoms with Crippen LogP contribution in [0.3, 0.4) is 0 Å². The van der Waals surface area contributed by atoms with E-state index in [4.69, 9.17) is 0 Å². The quantitative estimate of drug-likeness (QED) is 0.746. The van der Waals surface area contributed by atoms with Gasteiger partial charge in [-0.15, -0.1) is 11.3 Å². The minimum Gasteiger partial charge on any atom is -0.329 e. The van der Waals surface area contributed by atoms with Crippen molar-refractivity contribution >= 4 is 11.3 Å². The molecule has 0 spiro atoms. The van der Waals surface area contributed by atoms with Gasteiger partial charge in [0.1, 0.15) is 5.82 Å². The third-order valence-electron chi connectivity index (χ3n) is 1.93. The van der Waals surface area contributed by atoms with Crippen LogP contribution in [0.2, 0.25) is 0 Å². The zero-order valence-electron chi connectivity index (χ0n) is 7.47. The van der Waals surface area contributed by atoms with Gasteiger partial charge in [0.25, 0.3) is 0 Å². The fraction of sp³-hybridized carbons (Fsp3) is 0.333. The van der Waals surface area contributed by atoms with Crippen LogP contribution in [0.5, 0.6) is 0 Å². The molecule has 0 aliphatic rings. The lowest BCUT2D eigenvalue weighted by atomic mass is 10.4. The molecule has 0 saturated heterocycles. The first kappa shape index (κ1) is 8.44. The van der Waals surface area contributed by atoms with Crippen LogP contribution >= 0.6 is 11.3 Å². The third kappa shape index (κ3) is 1.78. The molecule has 2 rings (SSSR count). The minimum atomic E-state index is 0.840. The molecule has 68 valence electrons. The lowest BCUT2D eigenvalue weighted by Crippen LogP contribution is -2.03. The molecule has 3 nitrogen and oxygen atoms in total. The summed E-state index contributed by atoms with van der Waals surface area (Å²) in [5.74, 6) is 1.12. The van der Waals surface area contributed by atoms with Crippen LogP contribution in [0.25, 0.3) is 0 Å². The second kappa shape index (κ2) is 3.70. The van der Waals surface area contributed by atoms with Gasteiger partial charge in [-0.3, -0.25) is 0 Å². The number of aromatic nitrogens is 3. The van der Waals surface area contributed by atoms with Crippen LogP contribution in [-0.4, -0.2) is 14.5 Å². The molecule has 0 atom stereocenters. The van der Waals surface area contributed by atoms with Crippen molar-refractivity contribution < 1.29 is 0 Å². The van der Waals surface area contributed by atoms with Crippen molar-refractivity contribution in [2.24, 2.45) is 0 Å². The van der Waals surface area contributed by atoms with Crippen molar-refractivity contribution in [1.82, 2.24) is 14.5 Å². The molecule has 0 aliphatic carbocycles. The Balaban J connectivity index is 2.18. The van der Waals surface area contributed by atoms with Crippen molar-refractivity contribution in [3.05, 3.63) is 34.8 Å². The van der Waals surface area contributed by atoms with E-state index in [2.05, 4.69) is 26.8 Å². The number of nitrogens with zero attached hydrogens (tertiary/aromatic N) is 3. The molecular formula is C9H11N3S. The molecule has 4 heteroatoms. The molecular weight excluding hydrogens is 182 g/mol. The highest BCUT2D eigenvalue weighted by Crippen LogP contribution is 2.06. The van der Waals surface area contributed by atoms with Crippen LogP contribution < -0.4 is 0 Å². The minimum absolute atomic E-state index is 0.840. The van der Waals surface area contributed by atoms with E-state index in [1.807, 2.05) is 17.9 Å². The summed E-state index contributed by atoms with van der Waals surface area (Å²) in [5.41, 5.74) is 2.97. The number of imidazole rings is 1. The van der Waals surface area contributed by atoms with Gasteiger partial charge in [0.2, 0.25) is 0 Å². The molecule has 0 saturated carbocycles. The van der Waals surface area contributed by atoms with Crippen LogP contribution in [0.4, 0.5) is 0 Å². The standard InChI is InChI=1S/C9H11N3S/c1-2-9-10-3-4-12(9)5-8-6-13-7-11-8/h3-4,6-7H,2,5H2,1H3. The Morgan fingerprint density at radius 1 is 1.46 bits per heavy atom. The Morgan fingerprint density at radius 2 is 2.38 bits per heavy atom. The Labute approximate surface area is 81.1 Å². The first-order valence-corrected chi connectivity index (χ1v) is 5.21. The highest BCUT2D eigenvalue weighted by molar-refractivity contribution is 7.07. The van der Waals surface area contributed by atoms with E-state index in [0.29, 0.717) is 0 Å². The maximum atomic E-state index is 4.25. The van der Waals surface area contributed by atoms with E-state index in [-0.39, 0.29) is 0 Å². The van der Waals surface area contributed by atoms with Gasteiger partial charge in [-0.05, 0) is 0 Å². The lowest BCUT2D eigenvalue weighted by molar-refractivity contribution is 0.720. The summed E-state index contributed by atoms with van der Waals surface area (Å²) in [4.78, 5) is 8.49. The van der Waals surface area contributed by atoms with Gasteiger partial charge in [0, 0.05) is 24.2 Å². The Morgan fingerprint density at radius 3 is 3.08 bits per heavy atom. The molecule has 0 bridgehead atoms. The predicted octanol–water partition coefficient (Wildman–Crippen LogP) is 1.95. The third-order valence-corrected chi connectivity index (χ3v) is 2.57. The summed E-state index contributed by atoms with van der Waals surface area (Å²) in [7, 11) is 0. The van der Waals surface area contributed by atoms with Crippen molar-refractivity contribution in [1.29, 1.82) is 0 Å². The number of hydrogen-bond donors (Lipinski definition) is 0. The molecule has 2 aromatic rings. The van der Waals surface area contributed by atoms with E-state index in [1.54, 1.807) is 11.3 Å². The molecule has 0 amide bonds. The summed E-state index contributed by atoms with van der Waals surface area (Å²) in [6.07, 6.45) is 4.81. The largest absolute Gasteiger partial charge is 0.329 e. The monoisotopic (exact) mass is 193 g/mol. The molecule has 13 heavy (non-hydrogen) atoms. The fourth-order valence-electron chi connectivity index (χ4n) is 1.29. The van der Waals surface area contributed by atoms with E-state index in [0.717, 1.165) is 24.5 Å². The number of thiazole rings is 1. The van der Waals surface area contributed by atoms with Crippen molar-refractivity contribution in [3.63, 3.8) is 0 Å².